The summed E-state index contributed by atoms with van der Waals surface area (Å²) in [6.07, 6.45) is 1.02. The van der Waals surface area contributed by atoms with Crippen LogP contribution in [0.25, 0.3) is 0 Å². The van der Waals surface area contributed by atoms with Crippen molar-refractivity contribution < 1.29 is 14.4 Å². The summed E-state index contributed by atoms with van der Waals surface area (Å²) in [7, 11) is 3.38. The van der Waals surface area contributed by atoms with Crippen molar-refractivity contribution in [2.45, 2.75) is 45.8 Å². The van der Waals surface area contributed by atoms with Crippen LogP contribution in [0.5, 0.6) is 11.5 Å². The molecule has 0 aromatic heterocycles. The van der Waals surface area contributed by atoms with Crippen LogP contribution in [-0.2, 0) is 13.0 Å². The quantitative estimate of drug-likeness (QED) is 0.592. The summed E-state index contributed by atoms with van der Waals surface area (Å²) < 4.78 is 11.1. The molecule has 2 atom stereocenters. The lowest BCUT2D eigenvalue weighted by atomic mass is 9.91. The highest BCUT2D eigenvalue weighted by molar-refractivity contribution is 7.80. The fourth-order valence-electron chi connectivity index (χ4n) is 4.11. The summed E-state index contributed by atoms with van der Waals surface area (Å²) >= 11 is 5.49. The van der Waals surface area contributed by atoms with E-state index in [1.807, 2.05) is 0 Å². The van der Waals surface area contributed by atoms with E-state index in [1.54, 1.807) is 14.2 Å². The molecular formula is C24H34N3O2S+. The maximum atomic E-state index is 5.60. The molecule has 3 N–H and O–H groups in total. The van der Waals surface area contributed by atoms with Crippen LogP contribution in [0, 0.1) is 6.92 Å². The van der Waals surface area contributed by atoms with Crippen LogP contribution in [0.4, 0.5) is 0 Å². The fourth-order valence-corrected chi connectivity index (χ4v) is 4.43. The highest BCUT2D eigenvalue weighted by atomic mass is 32.1. The minimum Gasteiger partial charge on any atom is -0.493 e. The Labute approximate surface area is 185 Å². The Hall–Kier alpha value is -2.31. The molecule has 0 aliphatic carbocycles. The SMILES string of the molecule is COc1cc2c(cc1OC)[C@@H](CNC(=S)NC(C)C)[NH+](Cc1ccc(C)cc1)CC2. The molecule has 5 nitrogen and oxygen atoms in total. The number of hydrogen-bond donors (Lipinski definition) is 3. The third-order valence-corrected chi connectivity index (χ3v) is 5.93. The van der Waals surface area contributed by atoms with Crippen molar-refractivity contribution in [3.05, 3.63) is 58.7 Å². The van der Waals surface area contributed by atoms with Gasteiger partial charge in [-0.15, -0.1) is 0 Å². The highest BCUT2D eigenvalue weighted by Crippen LogP contribution is 2.34. The van der Waals surface area contributed by atoms with Gasteiger partial charge in [-0.05, 0) is 50.7 Å². The minimum atomic E-state index is 0.266. The number of methoxy groups -OCH3 is 2. The molecular weight excluding hydrogens is 394 g/mol. The Morgan fingerprint density at radius 2 is 1.80 bits per heavy atom. The van der Waals surface area contributed by atoms with Gasteiger partial charge in [0.2, 0.25) is 0 Å². The van der Waals surface area contributed by atoms with Gasteiger partial charge in [-0.25, -0.2) is 0 Å². The third-order valence-electron chi connectivity index (χ3n) is 5.67. The van der Waals surface area contributed by atoms with Crippen molar-refractivity contribution in [1.29, 1.82) is 0 Å². The number of aryl methyl sites for hydroxylation is 1. The first kappa shape index (κ1) is 22.4. The monoisotopic (exact) mass is 428 g/mol. The van der Waals surface area contributed by atoms with Gasteiger partial charge >= 0.3 is 0 Å². The van der Waals surface area contributed by atoms with Crippen LogP contribution in [0.1, 0.15) is 42.1 Å². The van der Waals surface area contributed by atoms with E-state index in [2.05, 4.69) is 67.8 Å². The molecule has 6 heteroatoms. The zero-order valence-electron chi connectivity index (χ0n) is 18.7. The molecule has 0 saturated heterocycles. The zero-order chi connectivity index (χ0) is 21.7. The van der Waals surface area contributed by atoms with E-state index in [9.17, 15) is 0 Å². The molecule has 0 bridgehead atoms. The molecule has 3 rings (SSSR count). The molecule has 0 fully saturated rings. The standard InChI is InChI=1S/C24H33N3O2S/c1-16(2)26-24(30)25-14-21-20-13-23(29-5)22(28-4)12-19(20)10-11-27(21)15-18-8-6-17(3)7-9-18/h6-9,12-13,16,21H,10-11,14-15H2,1-5H3,(H2,25,26,30)/p+1/t21-/m1/s1. The van der Waals surface area contributed by atoms with E-state index in [0.29, 0.717) is 11.2 Å². The fraction of sp³-hybridized carbons (Fsp3) is 0.458. The normalized spacial score (nSPS) is 17.9. The minimum absolute atomic E-state index is 0.266. The number of ether oxygens (including phenoxy) is 2. The molecule has 30 heavy (non-hydrogen) atoms. The van der Waals surface area contributed by atoms with Gasteiger partial charge in [0.1, 0.15) is 12.6 Å². The van der Waals surface area contributed by atoms with Crippen molar-refractivity contribution in [1.82, 2.24) is 10.6 Å². The number of hydrogen-bond acceptors (Lipinski definition) is 3. The van der Waals surface area contributed by atoms with E-state index < -0.39 is 0 Å². The summed E-state index contributed by atoms with van der Waals surface area (Å²) in [4.78, 5) is 1.53. The number of fused-ring (bicyclic) bond motifs is 1. The summed E-state index contributed by atoms with van der Waals surface area (Å²) in [5, 5.41) is 7.43. The van der Waals surface area contributed by atoms with Crippen LogP contribution >= 0.6 is 12.2 Å². The molecule has 0 radical (unpaired) electrons. The molecule has 2 aromatic carbocycles. The van der Waals surface area contributed by atoms with Crippen LogP contribution in [-0.4, -0.2) is 38.5 Å². The Bertz CT molecular complexity index is 867. The summed E-state index contributed by atoms with van der Waals surface area (Å²) in [6, 6.07) is 13.7. The van der Waals surface area contributed by atoms with Gasteiger partial charge in [0.25, 0.3) is 0 Å². The molecule has 1 heterocycles. The Morgan fingerprint density at radius 1 is 1.13 bits per heavy atom. The summed E-state index contributed by atoms with van der Waals surface area (Å²) in [6.45, 7) is 9.12. The predicted octanol–water partition coefficient (Wildman–Crippen LogP) is 2.57. The average Bonchev–Trinajstić information content (AvgIpc) is 2.72. The van der Waals surface area contributed by atoms with Gasteiger partial charge in [-0.1, -0.05) is 29.8 Å². The number of quaternary nitrogens is 1. The van der Waals surface area contributed by atoms with E-state index in [0.717, 1.165) is 37.6 Å². The van der Waals surface area contributed by atoms with E-state index in [4.69, 9.17) is 21.7 Å². The van der Waals surface area contributed by atoms with Gasteiger partial charge < -0.3 is 25.0 Å². The second-order valence-electron chi connectivity index (χ2n) is 8.29. The van der Waals surface area contributed by atoms with Gasteiger partial charge in [0.15, 0.2) is 16.6 Å². The van der Waals surface area contributed by atoms with Crippen LogP contribution in [0.15, 0.2) is 36.4 Å². The number of nitrogens with one attached hydrogen (secondary N) is 3. The molecule has 1 aliphatic rings. The Balaban J connectivity index is 1.88. The average molecular weight is 429 g/mol. The van der Waals surface area contributed by atoms with E-state index in [-0.39, 0.29) is 6.04 Å². The number of thiocarbonyl (C=S) groups is 1. The van der Waals surface area contributed by atoms with Gasteiger partial charge in [-0.2, -0.15) is 0 Å². The van der Waals surface area contributed by atoms with Crippen molar-refractivity contribution in [2.75, 3.05) is 27.3 Å². The first-order valence-corrected chi connectivity index (χ1v) is 11.0. The lowest BCUT2D eigenvalue weighted by Gasteiger charge is -2.35. The third kappa shape index (κ3) is 5.43. The van der Waals surface area contributed by atoms with Crippen LogP contribution in [0.3, 0.4) is 0 Å². The molecule has 162 valence electrons. The molecule has 1 unspecified atom stereocenters. The topological polar surface area (TPSA) is 47.0 Å². The predicted molar refractivity (Wildman–Crippen MR) is 126 cm³/mol. The molecule has 0 amide bonds. The molecule has 0 spiro atoms. The maximum Gasteiger partial charge on any atom is 0.166 e. The zero-order valence-corrected chi connectivity index (χ0v) is 19.5. The highest BCUT2D eigenvalue weighted by Gasteiger charge is 2.32. The van der Waals surface area contributed by atoms with Crippen LogP contribution in [0.2, 0.25) is 0 Å². The van der Waals surface area contributed by atoms with Crippen molar-refractivity contribution in [3.8, 4) is 11.5 Å². The Kier molecular flexibility index (Phi) is 7.56. The van der Waals surface area contributed by atoms with Crippen molar-refractivity contribution >= 4 is 17.3 Å². The largest absolute Gasteiger partial charge is 0.493 e. The number of rotatable bonds is 7. The summed E-state index contributed by atoms with van der Waals surface area (Å²) in [5.74, 6) is 1.57. The van der Waals surface area contributed by atoms with Gasteiger partial charge in [0.05, 0.1) is 27.3 Å². The van der Waals surface area contributed by atoms with Gasteiger partial charge in [0, 0.05) is 23.6 Å². The molecule has 1 aliphatic heterocycles. The second-order valence-corrected chi connectivity index (χ2v) is 8.70. The smallest absolute Gasteiger partial charge is 0.166 e. The molecule has 2 aromatic rings. The van der Waals surface area contributed by atoms with E-state index in [1.165, 1.54) is 27.2 Å². The first-order chi connectivity index (χ1) is 14.4. The first-order valence-electron chi connectivity index (χ1n) is 10.6. The van der Waals surface area contributed by atoms with Crippen molar-refractivity contribution in [2.24, 2.45) is 0 Å². The molecule has 0 saturated carbocycles. The van der Waals surface area contributed by atoms with Crippen LogP contribution < -0.4 is 25.0 Å². The maximum absolute atomic E-state index is 5.60. The lowest BCUT2D eigenvalue weighted by Crippen LogP contribution is -3.12. The van der Waals surface area contributed by atoms with Crippen molar-refractivity contribution in [3.63, 3.8) is 0 Å². The van der Waals surface area contributed by atoms with E-state index >= 15 is 0 Å². The Morgan fingerprint density at radius 3 is 2.43 bits per heavy atom. The number of benzene rings is 2. The lowest BCUT2D eigenvalue weighted by molar-refractivity contribution is -0.945. The second kappa shape index (κ2) is 10.1. The van der Waals surface area contributed by atoms with Gasteiger partial charge in [-0.3, -0.25) is 0 Å². The summed E-state index contributed by atoms with van der Waals surface area (Å²) in [5.41, 5.74) is 5.28.